The third-order valence-electron chi connectivity index (χ3n) is 5.14. The van der Waals surface area contributed by atoms with Gasteiger partial charge in [0.15, 0.2) is 0 Å². The number of amides is 3. The number of halogens is 1. The van der Waals surface area contributed by atoms with Crippen LogP contribution in [-0.2, 0) is 4.79 Å². The van der Waals surface area contributed by atoms with E-state index < -0.39 is 0 Å². The Morgan fingerprint density at radius 1 is 1.20 bits per heavy atom. The van der Waals surface area contributed by atoms with E-state index in [1.807, 2.05) is 6.07 Å². The number of hydrogen-bond donors (Lipinski definition) is 0. The summed E-state index contributed by atoms with van der Waals surface area (Å²) in [6, 6.07) is 6.94. The monoisotopic (exact) mass is 431 g/mol. The van der Waals surface area contributed by atoms with Crippen LogP contribution in [0.1, 0.15) is 6.42 Å². The van der Waals surface area contributed by atoms with Gasteiger partial charge in [0, 0.05) is 49.2 Å². The number of hydrogen-bond acceptors (Lipinski definition) is 6. The van der Waals surface area contributed by atoms with Crippen molar-refractivity contribution in [1.82, 2.24) is 19.8 Å². The van der Waals surface area contributed by atoms with E-state index in [0.29, 0.717) is 49.4 Å². The summed E-state index contributed by atoms with van der Waals surface area (Å²) in [5.74, 6) is 0.519. The standard InChI is InChI=1S/C20H22ClN5O4/c1-29-18-19(23-7-6-22-18)30-16-5-8-24(12-16)17(27)13-25-9-10-26(20(25)28)15-4-2-3-14(21)11-15/h2-4,6-7,11,16H,5,8-10,12-13H2,1H3. The number of ether oxygens (including phenoxy) is 2. The minimum atomic E-state index is -0.197. The summed E-state index contributed by atoms with van der Waals surface area (Å²) >= 11 is 6.03. The van der Waals surface area contributed by atoms with Gasteiger partial charge >= 0.3 is 6.03 Å². The molecule has 1 unspecified atom stereocenters. The zero-order chi connectivity index (χ0) is 21.1. The maximum Gasteiger partial charge on any atom is 0.325 e. The van der Waals surface area contributed by atoms with Gasteiger partial charge in [-0.15, -0.1) is 0 Å². The molecule has 2 saturated heterocycles. The van der Waals surface area contributed by atoms with Crippen molar-refractivity contribution in [2.75, 3.05) is 44.7 Å². The molecule has 4 rings (SSSR count). The first kappa shape index (κ1) is 20.2. The number of urea groups is 1. The van der Waals surface area contributed by atoms with Crippen LogP contribution in [0.5, 0.6) is 11.8 Å². The highest BCUT2D eigenvalue weighted by molar-refractivity contribution is 6.30. The van der Waals surface area contributed by atoms with Crippen LogP contribution in [0.3, 0.4) is 0 Å². The summed E-state index contributed by atoms with van der Waals surface area (Å²) in [5, 5.41) is 0.567. The maximum absolute atomic E-state index is 12.7. The zero-order valence-corrected chi connectivity index (χ0v) is 17.3. The molecule has 0 N–H and O–H groups in total. The molecule has 0 spiro atoms. The zero-order valence-electron chi connectivity index (χ0n) is 16.5. The predicted molar refractivity (Wildman–Crippen MR) is 110 cm³/mol. The molecule has 0 saturated carbocycles. The predicted octanol–water partition coefficient (Wildman–Crippen LogP) is 2.06. The SMILES string of the molecule is COc1nccnc1OC1CCN(C(=O)CN2CCN(c3cccc(Cl)c3)C2=O)C1. The largest absolute Gasteiger partial charge is 0.477 e. The Hall–Kier alpha value is -3.07. The molecule has 0 aliphatic carbocycles. The Morgan fingerprint density at radius 3 is 2.77 bits per heavy atom. The highest BCUT2D eigenvalue weighted by atomic mass is 35.5. The van der Waals surface area contributed by atoms with Crippen molar-refractivity contribution in [2.45, 2.75) is 12.5 Å². The van der Waals surface area contributed by atoms with Gasteiger partial charge in [0.2, 0.25) is 5.91 Å². The lowest BCUT2D eigenvalue weighted by atomic mass is 10.3. The molecule has 1 atom stereocenters. The van der Waals surface area contributed by atoms with Crippen molar-refractivity contribution < 1.29 is 19.1 Å². The lowest BCUT2D eigenvalue weighted by Crippen LogP contribution is -2.42. The van der Waals surface area contributed by atoms with Crippen LogP contribution in [-0.4, -0.2) is 77.6 Å². The molecule has 9 nitrogen and oxygen atoms in total. The number of likely N-dealkylation sites (tertiary alicyclic amines) is 1. The fourth-order valence-corrected chi connectivity index (χ4v) is 3.80. The molecular weight excluding hydrogens is 410 g/mol. The van der Waals surface area contributed by atoms with Crippen LogP contribution < -0.4 is 14.4 Å². The Labute approximate surface area is 179 Å². The van der Waals surface area contributed by atoms with Gasteiger partial charge in [0.05, 0.1) is 13.7 Å². The molecule has 2 aliphatic rings. The third-order valence-corrected chi connectivity index (χ3v) is 5.38. The van der Waals surface area contributed by atoms with E-state index in [1.165, 1.54) is 19.5 Å². The van der Waals surface area contributed by atoms with Gasteiger partial charge in [-0.25, -0.2) is 14.8 Å². The van der Waals surface area contributed by atoms with Crippen molar-refractivity contribution >= 4 is 29.2 Å². The van der Waals surface area contributed by atoms with E-state index in [0.717, 1.165) is 5.69 Å². The number of aromatic nitrogens is 2. The summed E-state index contributed by atoms with van der Waals surface area (Å²) in [6.45, 7) is 2.04. The highest BCUT2D eigenvalue weighted by Gasteiger charge is 2.34. The maximum atomic E-state index is 12.7. The van der Waals surface area contributed by atoms with Crippen molar-refractivity contribution in [3.63, 3.8) is 0 Å². The number of anilines is 1. The van der Waals surface area contributed by atoms with Gasteiger partial charge in [-0.1, -0.05) is 17.7 Å². The van der Waals surface area contributed by atoms with Gasteiger partial charge in [0.25, 0.3) is 11.8 Å². The van der Waals surface area contributed by atoms with E-state index in [2.05, 4.69) is 9.97 Å². The molecule has 0 bridgehead atoms. The van der Waals surface area contributed by atoms with E-state index in [-0.39, 0.29) is 24.6 Å². The quantitative estimate of drug-likeness (QED) is 0.695. The van der Waals surface area contributed by atoms with Crippen LogP contribution in [0, 0.1) is 0 Å². The van der Waals surface area contributed by atoms with Crippen LogP contribution in [0.15, 0.2) is 36.7 Å². The number of benzene rings is 1. The minimum absolute atomic E-state index is 0.0388. The number of methoxy groups -OCH3 is 1. The van der Waals surface area contributed by atoms with Gasteiger partial charge in [0.1, 0.15) is 12.6 Å². The number of nitrogens with zero attached hydrogens (tertiary/aromatic N) is 5. The first-order valence-electron chi connectivity index (χ1n) is 9.66. The van der Waals surface area contributed by atoms with Crippen molar-refractivity contribution in [1.29, 1.82) is 0 Å². The first-order valence-corrected chi connectivity index (χ1v) is 10.0. The van der Waals surface area contributed by atoms with Crippen molar-refractivity contribution in [3.05, 3.63) is 41.7 Å². The second-order valence-electron chi connectivity index (χ2n) is 7.07. The van der Waals surface area contributed by atoms with Gasteiger partial charge in [-0.3, -0.25) is 9.69 Å². The highest BCUT2D eigenvalue weighted by Crippen LogP contribution is 2.25. The number of carbonyl (C=O) groups is 2. The number of carbonyl (C=O) groups excluding carboxylic acids is 2. The molecule has 2 fully saturated rings. The average Bonchev–Trinajstić information content (AvgIpc) is 3.36. The van der Waals surface area contributed by atoms with E-state index >= 15 is 0 Å². The van der Waals surface area contributed by atoms with Crippen molar-refractivity contribution in [3.8, 4) is 11.8 Å². The molecule has 3 amide bonds. The molecule has 30 heavy (non-hydrogen) atoms. The molecule has 2 aromatic rings. The second kappa shape index (κ2) is 8.74. The van der Waals surface area contributed by atoms with Gasteiger partial charge in [-0.05, 0) is 18.2 Å². The fraction of sp³-hybridized carbons (Fsp3) is 0.400. The smallest absolute Gasteiger partial charge is 0.325 e. The topological polar surface area (TPSA) is 88.1 Å². The van der Waals surface area contributed by atoms with E-state index in [9.17, 15) is 9.59 Å². The van der Waals surface area contributed by atoms with Crippen LogP contribution in [0.25, 0.3) is 0 Å². The lowest BCUT2D eigenvalue weighted by molar-refractivity contribution is -0.130. The Kier molecular flexibility index (Phi) is 5.89. The van der Waals surface area contributed by atoms with Crippen molar-refractivity contribution in [2.24, 2.45) is 0 Å². The van der Waals surface area contributed by atoms with E-state index in [1.54, 1.807) is 32.9 Å². The molecule has 0 radical (unpaired) electrons. The first-order chi connectivity index (χ1) is 14.5. The molecule has 158 valence electrons. The Balaban J connectivity index is 1.32. The van der Waals surface area contributed by atoms with Crippen LogP contribution in [0.4, 0.5) is 10.5 Å². The molecule has 2 aliphatic heterocycles. The Bertz CT molecular complexity index is 943. The molecule has 1 aromatic heterocycles. The fourth-order valence-electron chi connectivity index (χ4n) is 3.62. The molecule has 10 heteroatoms. The Morgan fingerprint density at radius 2 is 2.00 bits per heavy atom. The summed E-state index contributed by atoms with van der Waals surface area (Å²) < 4.78 is 11.0. The molecule has 3 heterocycles. The summed E-state index contributed by atoms with van der Waals surface area (Å²) in [4.78, 5) is 38.6. The van der Waals surface area contributed by atoms with Gasteiger partial charge < -0.3 is 19.3 Å². The molecular formula is C20H22ClN5O4. The van der Waals surface area contributed by atoms with Gasteiger partial charge in [-0.2, -0.15) is 0 Å². The minimum Gasteiger partial charge on any atom is -0.477 e. The summed E-state index contributed by atoms with van der Waals surface area (Å²) in [5.41, 5.74) is 0.731. The van der Waals surface area contributed by atoms with Crippen LogP contribution in [0.2, 0.25) is 5.02 Å². The van der Waals surface area contributed by atoms with E-state index in [4.69, 9.17) is 21.1 Å². The normalized spacial score (nSPS) is 18.8. The molecule has 1 aromatic carbocycles. The lowest BCUT2D eigenvalue weighted by Gasteiger charge is -2.22. The average molecular weight is 432 g/mol. The number of rotatable bonds is 6. The van der Waals surface area contributed by atoms with Crippen LogP contribution >= 0.6 is 11.6 Å². The summed E-state index contributed by atoms with van der Waals surface area (Å²) in [7, 11) is 1.50. The second-order valence-corrected chi connectivity index (χ2v) is 7.51. The summed E-state index contributed by atoms with van der Waals surface area (Å²) in [6.07, 6.45) is 3.53. The third kappa shape index (κ3) is 4.25.